The van der Waals surface area contributed by atoms with Gasteiger partial charge in [-0.2, -0.15) is 0 Å². The van der Waals surface area contributed by atoms with Crippen LogP contribution in [0, 0.1) is 5.92 Å². The first kappa shape index (κ1) is 16.4. The number of benzene rings is 1. The van der Waals surface area contributed by atoms with Crippen LogP contribution in [0.25, 0.3) is 6.08 Å². The maximum atomic E-state index is 11.3. The summed E-state index contributed by atoms with van der Waals surface area (Å²) in [6.45, 7) is 4.79. The van der Waals surface area contributed by atoms with E-state index in [4.69, 9.17) is 9.57 Å². The molecule has 3 aliphatic rings. The molecule has 3 aliphatic heterocycles. The van der Waals surface area contributed by atoms with Gasteiger partial charge in [0, 0.05) is 44.2 Å². The Bertz CT molecular complexity index is 715. The maximum absolute atomic E-state index is 11.3. The van der Waals surface area contributed by atoms with Crippen molar-refractivity contribution in [3.63, 3.8) is 0 Å². The fraction of sp³-hybridized carbons (Fsp3) is 0.389. The van der Waals surface area contributed by atoms with Crippen molar-refractivity contribution in [2.75, 3.05) is 13.1 Å². The standard InChI is InChI=1S/C18H20N2O4/c1-12(21)23-17-6-4-3-5-15(17)11-16-18(19-24-13(2)22)14-7-9-20(16)10-8-14/h3-6,11,14H,7-10H2,1-2H3/p+1/b16-11+,19-18+. The van der Waals surface area contributed by atoms with Gasteiger partial charge in [-0.15, -0.1) is 0 Å². The van der Waals surface area contributed by atoms with Gasteiger partial charge in [-0.25, -0.2) is 4.79 Å². The summed E-state index contributed by atoms with van der Waals surface area (Å²) in [5.41, 5.74) is 2.66. The normalized spacial score (nSPS) is 25.8. The van der Waals surface area contributed by atoms with Crippen molar-refractivity contribution in [3.8, 4) is 5.75 Å². The third kappa shape index (κ3) is 3.54. The van der Waals surface area contributed by atoms with Crippen molar-refractivity contribution < 1.29 is 24.1 Å². The number of piperidine rings is 3. The molecule has 4 rings (SSSR count). The Morgan fingerprint density at radius 3 is 2.54 bits per heavy atom. The van der Waals surface area contributed by atoms with E-state index >= 15 is 0 Å². The minimum Gasteiger partial charge on any atom is -0.426 e. The summed E-state index contributed by atoms with van der Waals surface area (Å²) in [5, 5.41) is 4.10. The minimum atomic E-state index is -0.423. The number of nitrogens with zero attached hydrogens (tertiary/aromatic N) is 1. The number of nitrogens with one attached hydrogen (secondary N) is 1. The summed E-state index contributed by atoms with van der Waals surface area (Å²) >= 11 is 0. The largest absolute Gasteiger partial charge is 0.426 e. The van der Waals surface area contributed by atoms with Gasteiger partial charge >= 0.3 is 11.9 Å². The van der Waals surface area contributed by atoms with E-state index in [9.17, 15) is 9.59 Å². The first-order valence-corrected chi connectivity index (χ1v) is 8.14. The lowest BCUT2D eigenvalue weighted by Gasteiger charge is -2.37. The lowest BCUT2D eigenvalue weighted by atomic mass is 9.83. The topological polar surface area (TPSA) is 69.4 Å². The Labute approximate surface area is 140 Å². The van der Waals surface area contributed by atoms with Crippen LogP contribution >= 0.6 is 0 Å². The summed E-state index contributed by atoms with van der Waals surface area (Å²) in [4.78, 5) is 28.6. The van der Waals surface area contributed by atoms with Crippen LogP contribution in [0.15, 0.2) is 35.1 Å². The fourth-order valence-electron chi connectivity index (χ4n) is 3.33. The van der Waals surface area contributed by atoms with Crippen LogP contribution in [0.3, 0.4) is 0 Å². The van der Waals surface area contributed by atoms with E-state index in [-0.39, 0.29) is 5.97 Å². The van der Waals surface area contributed by atoms with Gasteiger partial charge in [0.15, 0.2) is 5.70 Å². The predicted molar refractivity (Wildman–Crippen MR) is 88.3 cm³/mol. The number of esters is 1. The number of hydrogen-bond donors (Lipinski definition) is 1. The van der Waals surface area contributed by atoms with Crippen molar-refractivity contribution in [3.05, 3.63) is 35.5 Å². The van der Waals surface area contributed by atoms with E-state index in [0.717, 1.165) is 42.9 Å². The molecule has 0 amide bonds. The van der Waals surface area contributed by atoms with Crippen LogP contribution in [0.5, 0.6) is 5.75 Å². The molecule has 0 saturated carbocycles. The average molecular weight is 329 g/mol. The monoisotopic (exact) mass is 329 g/mol. The Morgan fingerprint density at radius 2 is 1.88 bits per heavy atom. The highest BCUT2D eigenvalue weighted by molar-refractivity contribution is 6.04. The molecule has 6 nitrogen and oxygen atoms in total. The molecule has 126 valence electrons. The molecule has 3 saturated heterocycles. The highest BCUT2D eigenvalue weighted by atomic mass is 16.7. The molecule has 0 aliphatic carbocycles. The fourth-order valence-corrected chi connectivity index (χ4v) is 3.33. The number of quaternary nitrogens is 1. The van der Waals surface area contributed by atoms with E-state index in [0.29, 0.717) is 11.7 Å². The van der Waals surface area contributed by atoms with Crippen LogP contribution in [-0.4, -0.2) is 30.7 Å². The quantitative estimate of drug-likeness (QED) is 0.391. The van der Waals surface area contributed by atoms with E-state index in [1.807, 2.05) is 24.3 Å². The predicted octanol–water partition coefficient (Wildman–Crippen LogP) is 1.18. The molecule has 1 aromatic carbocycles. The van der Waals surface area contributed by atoms with E-state index in [2.05, 4.69) is 5.16 Å². The number of oxime groups is 1. The van der Waals surface area contributed by atoms with Crippen LogP contribution in [0.1, 0.15) is 32.3 Å². The van der Waals surface area contributed by atoms with Crippen molar-refractivity contribution in [1.29, 1.82) is 0 Å². The first-order valence-electron chi connectivity index (χ1n) is 8.14. The number of carbonyl (C=O) groups is 2. The number of para-hydroxylation sites is 1. The Hall–Kier alpha value is -2.47. The summed E-state index contributed by atoms with van der Waals surface area (Å²) < 4.78 is 5.28. The molecule has 1 N–H and O–H groups in total. The molecule has 0 unspecified atom stereocenters. The highest BCUT2D eigenvalue weighted by Gasteiger charge is 2.40. The van der Waals surface area contributed by atoms with Gasteiger partial charge in [0.2, 0.25) is 0 Å². The smallest absolute Gasteiger partial charge is 0.331 e. The van der Waals surface area contributed by atoms with Gasteiger partial charge in [-0.05, 0) is 6.07 Å². The third-order valence-electron chi connectivity index (χ3n) is 4.38. The highest BCUT2D eigenvalue weighted by Crippen LogP contribution is 2.26. The number of fused-ring (bicyclic) bond motifs is 3. The number of allylic oxidation sites excluding steroid dienone is 1. The summed E-state index contributed by atoms with van der Waals surface area (Å²) in [7, 11) is 0. The molecule has 0 atom stereocenters. The third-order valence-corrected chi connectivity index (χ3v) is 4.38. The van der Waals surface area contributed by atoms with E-state index < -0.39 is 5.97 Å². The molecule has 0 radical (unpaired) electrons. The molecular weight excluding hydrogens is 308 g/mol. The molecule has 3 heterocycles. The van der Waals surface area contributed by atoms with Crippen LogP contribution in [0.4, 0.5) is 0 Å². The number of carbonyl (C=O) groups excluding carboxylic acids is 2. The number of hydrogen-bond acceptors (Lipinski definition) is 5. The van der Waals surface area contributed by atoms with Crippen molar-refractivity contribution in [2.45, 2.75) is 26.7 Å². The second kappa shape index (κ2) is 6.97. The molecule has 3 fully saturated rings. The molecule has 2 bridgehead atoms. The Balaban J connectivity index is 1.99. The van der Waals surface area contributed by atoms with Crippen molar-refractivity contribution in [2.24, 2.45) is 11.1 Å². The van der Waals surface area contributed by atoms with Gasteiger partial charge in [-0.3, -0.25) is 4.79 Å². The molecular formula is C18H21N2O4+. The maximum Gasteiger partial charge on any atom is 0.331 e. The SMILES string of the molecule is CC(=O)O/N=C1/C(=C\c2ccccc2OC(C)=O)[NH+]2CCC1CC2. The number of ether oxygens (including phenoxy) is 1. The molecule has 0 aromatic heterocycles. The van der Waals surface area contributed by atoms with Gasteiger partial charge in [-0.1, -0.05) is 23.4 Å². The van der Waals surface area contributed by atoms with Gasteiger partial charge < -0.3 is 14.5 Å². The first-order chi connectivity index (χ1) is 11.5. The van der Waals surface area contributed by atoms with Crippen molar-refractivity contribution in [1.82, 2.24) is 0 Å². The number of rotatable bonds is 3. The summed E-state index contributed by atoms with van der Waals surface area (Å²) in [5.74, 6) is 0.0569. The lowest BCUT2D eigenvalue weighted by molar-refractivity contribution is -0.865. The van der Waals surface area contributed by atoms with Crippen LogP contribution in [-0.2, 0) is 14.4 Å². The van der Waals surface area contributed by atoms with Crippen molar-refractivity contribution >= 4 is 23.7 Å². The van der Waals surface area contributed by atoms with Gasteiger partial charge in [0.05, 0.1) is 13.1 Å². The molecule has 24 heavy (non-hydrogen) atoms. The lowest BCUT2D eigenvalue weighted by Crippen LogP contribution is -3.14. The Morgan fingerprint density at radius 1 is 1.17 bits per heavy atom. The average Bonchev–Trinajstić information content (AvgIpc) is 2.56. The zero-order valence-electron chi connectivity index (χ0n) is 13.9. The minimum absolute atomic E-state index is 0.314. The van der Waals surface area contributed by atoms with Crippen LogP contribution < -0.4 is 9.64 Å². The van der Waals surface area contributed by atoms with Gasteiger partial charge in [0.25, 0.3) is 0 Å². The van der Waals surface area contributed by atoms with E-state index in [1.165, 1.54) is 18.7 Å². The van der Waals surface area contributed by atoms with E-state index in [1.54, 1.807) is 6.07 Å². The van der Waals surface area contributed by atoms with Crippen LogP contribution in [0.2, 0.25) is 0 Å². The molecule has 0 spiro atoms. The summed E-state index contributed by atoms with van der Waals surface area (Å²) in [6.07, 6.45) is 4.07. The second-order valence-electron chi connectivity index (χ2n) is 6.13. The zero-order valence-corrected chi connectivity index (χ0v) is 13.9. The van der Waals surface area contributed by atoms with Gasteiger partial charge in [0.1, 0.15) is 11.5 Å². The summed E-state index contributed by atoms with van der Waals surface area (Å²) in [6, 6.07) is 7.39. The molecule has 1 aromatic rings. The Kier molecular flexibility index (Phi) is 4.76. The molecule has 6 heteroatoms. The zero-order chi connectivity index (χ0) is 17.1. The second-order valence-corrected chi connectivity index (χ2v) is 6.13.